The molecule has 0 radical (unpaired) electrons. The normalized spacial score (nSPS) is 11.8. The SMILES string of the molecule is CCCCn1cc[n+](C)c1C.CS(=O)(=O)[N-]S(C)(=O)=O. The first-order valence-electron chi connectivity index (χ1n) is 6.12. The van der Waals surface area contributed by atoms with Crippen LogP contribution in [0, 0.1) is 6.92 Å². The summed E-state index contributed by atoms with van der Waals surface area (Å²) >= 11 is 0. The average molecular weight is 325 g/mol. The minimum Gasteiger partial charge on any atom is -0.437 e. The molecule has 118 valence electrons. The molecule has 0 atom stereocenters. The van der Waals surface area contributed by atoms with Gasteiger partial charge >= 0.3 is 0 Å². The van der Waals surface area contributed by atoms with Gasteiger partial charge in [0, 0.05) is 19.4 Å². The predicted molar refractivity (Wildman–Crippen MR) is 78.3 cm³/mol. The Morgan fingerprint density at radius 1 is 1.20 bits per heavy atom. The quantitative estimate of drug-likeness (QED) is 0.745. The number of aromatic nitrogens is 2. The van der Waals surface area contributed by atoms with Crippen LogP contribution in [0.5, 0.6) is 0 Å². The van der Waals surface area contributed by atoms with E-state index in [1.165, 1.54) is 18.7 Å². The average Bonchev–Trinajstić information content (AvgIpc) is 2.53. The Bertz CT molecular complexity index is 588. The van der Waals surface area contributed by atoms with Crippen LogP contribution in [-0.2, 0) is 33.6 Å². The van der Waals surface area contributed by atoms with E-state index in [1.807, 2.05) is 0 Å². The van der Waals surface area contributed by atoms with Gasteiger partial charge < -0.3 is 4.13 Å². The molecule has 7 nitrogen and oxygen atoms in total. The molecule has 0 N–H and O–H groups in total. The van der Waals surface area contributed by atoms with Crippen molar-refractivity contribution in [2.75, 3.05) is 12.5 Å². The number of rotatable bonds is 5. The first-order valence-corrected chi connectivity index (χ1v) is 9.81. The third-order valence-electron chi connectivity index (χ3n) is 2.42. The zero-order valence-corrected chi connectivity index (χ0v) is 14.2. The molecule has 1 rings (SSSR count). The lowest BCUT2D eigenvalue weighted by molar-refractivity contribution is -0.677. The van der Waals surface area contributed by atoms with Gasteiger partial charge in [-0.05, 0) is 6.42 Å². The molecular formula is C11H23N3O4S2. The van der Waals surface area contributed by atoms with Crippen molar-refractivity contribution in [1.82, 2.24) is 4.57 Å². The van der Waals surface area contributed by atoms with E-state index in [0.29, 0.717) is 12.5 Å². The number of aryl methyl sites for hydroxylation is 2. The number of unbranched alkanes of at least 4 members (excludes halogenated alkanes) is 1. The Balaban J connectivity index is 0.000000370. The molecule has 0 unspecified atom stereocenters. The van der Waals surface area contributed by atoms with Crippen molar-refractivity contribution < 1.29 is 21.4 Å². The van der Waals surface area contributed by atoms with Crippen LogP contribution in [0.1, 0.15) is 25.6 Å². The third-order valence-corrected chi connectivity index (χ3v) is 4.59. The molecule has 0 aliphatic rings. The van der Waals surface area contributed by atoms with Gasteiger partial charge in [-0.3, -0.25) is 0 Å². The van der Waals surface area contributed by atoms with E-state index in [2.05, 4.69) is 46.6 Å². The fourth-order valence-electron chi connectivity index (χ4n) is 1.41. The smallest absolute Gasteiger partial charge is 0.253 e. The summed E-state index contributed by atoms with van der Waals surface area (Å²) in [5.41, 5.74) is 0. The highest BCUT2D eigenvalue weighted by Crippen LogP contribution is 2.03. The number of hydrogen-bond acceptors (Lipinski definition) is 4. The molecule has 1 heterocycles. The van der Waals surface area contributed by atoms with Crippen molar-refractivity contribution in [3.05, 3.63) is 22.3 Å². The molecule has 9 heteroatoms. The monoisotopic (exact) mass is 325 g/mol. The topological polar surface area (TPSA) is 91.2 Å². The van der Waals surface area contributed by atoms with Crippen molar-refractivity contribution >= 4 is 20.0 Å². The standard InChI is InChI=1S/C9H17N2.C2H6NO4S2/c1-4-5-6-11-8-7-10(3)9(11)2;1-8(4,5)3-9(2,6)7/h7-8H,4-6H2,1-3H3;1-2H3/q+1;-1. The maximum atomic E-state index is 10.1. The van der Waals surface area contributed by atoms with Gasteiger partial charge in [0.2, 0.25) is 0 Å². The molecule has 0 fully saturated rings. The Morgan fingerprint density at radius 2 is 1.70 bits per heavy atom. The lowest BCUT2D eigenvalue weighted by Crippen LogP contribution is -2.29. The minimum absolute atomic E-state index is 0.716. The molecule has 0 spiro atoms. The summed E-state index contributed by atoms with van der Waals surface area (Å²) in [7, 11) is -5.41. The zero-order chi connectivity index (χ0) is 16.0. The summed E-state index contributed by atoms with van der Waals surface area (Å²) in [5, 5.41) is 0. The van der Waals surface area contributed by atoms with Gasteiger partial charge in [-0.2, -0.15) is 0 Å². The lowest BCUT2D eigenvalue weighted by Gasteiger charge is -2.11. The van der Waals surface area contributed by atoms with E-state index in [0.717, 1.165) is 6.54 Å². The van der Waals surface area contributed by atoms with Crippen LogP contribution in [0.4, 0.5) is 0 Å². The first-order chi connectivity index (χ1) is 8.96. The van der Waals surface area contributed by atoms with Crippen molar-refractivity contribution in [1.29, 1.82) is 0 Å². The number of sulfonamides is 2. The minimum atomic E-state index is -3.74. The number of hydrogen-bond donors (Lipinski definition) is 0. The zero-order valence-electron chi connectivity index (χ0n) is 12.6. The summed E-state index contributed by atoms with van der Waals surface area (Å²) in [6, 6.07) is 0. The molecule has 0 bridgehead atoms. The van der Waals surface area contributed by atoms with Gasteiger partial charge in [0.25, 0.3) is 5.82 Å². The maximum absolute atomic E-state index is 10.1. The van der Waals surface area contributed by atoms with Crippen LogP contribution in [-0.4, -0.2) is 33.9 Å². The van der Waals surface area contributed by atoms with E-state index in [9.17, 15) is 16.8 Å². The summed E-state index contributed by atoms with van der Waals surface area (Å²) in [6.45, 7) is 5.53. The van der Waals surface area contributed by atoms with Crippen molar-refractivity contribution in [3.8, 4) is 0 Å². The maximum Gasteiger partial charge on any atom is 0.253 e. The molecule has 0 saturated carbocycles. The Morgan fingerprint density at radius 3 is 1.95 bits per heavy atom. The van der Waals surface area contributed by atoms with Crippen LogP contribution < -0.4 is 4.57 Å². The van der Waals surface area contributed by atoms with Gasteiger partial charge in [-0.1, -0.05) is 13.3 Å². The highest BCUT2D eigenvalue weighted by atomic mass is 32.3. The van der Waals surface area contributed by atoms with Crippen molar-refractivity contribution in [2.45, 2.75) is 33.2 Å². The Hall–Kier alpha value is -0.930. The molecule has 0 aliphatic heterocycles. The highest BCUT2D eigenvalue weighted by molar-refractivity contribution is 8.11. The van der Waals surface area contributed by atoms with Crippen LogP contribution in [0.2, 0.25) is 0 Å². The summed E-state index contributed by atoms with van der Waals surface area (Å²) in [6.07, 6.45) is 8.22. The molecule has 1 aromatic rings. The fraction of sp³-hybridized carbons (Fsp3) is 0.727. The van der Waals surface area contributed by atoms with Crippen LogP contribution in [0.15, 0.2) is 12.4 Å². The van der Waals surface area contributed by atoms with Gasteiger partial charge in [-0.15, -0.1) is 0 Å². The van der Waals surface area contributed by atoms with Gasteiger partial charge in [0.05, 0.1) is 33.6 Å². The Labute approximate surface area is 121 Å². The van der Waals surface area contributed by atoms with Crippen LogP contribution in [0.25, 0.3) is 4.13 Å². The second-order valence-corrected chi connectivity index (χ2v) is 8.07. The van der Waals surface area contributed by atoms with Gasteiger partial charge in [-0.25, -0.2) is 26.0 Å². The third kappa shape index (κ3) is 9.05. The molecule has 0 aliphatic carbocycles. The number of imidazole rings is 1. The highest BCUT2D eigenvalue weighted by Gasteiger charge is 2.06. The lowest BCUT2D eigenvalue weighted by atomic mass is 10.3. The second-order valence-electron chi connectivity index (χ2n) is 4.54. The van der Waals surface area contributed by atoms with Crippen LogP contribution in [0.3, 0.4) is 0 Å². The molecule has 0 saturated heterocycles. The molecule has 1 aromatic heterocycles. The van der Waals surface area contributed by atoms with E-state index in [-0.39, 0.29) is 0 Å². The largest absolute Gasteiger partial charge is 0.437 e. The van der Waals surface area contributed by atoms with E-state index >= 15 is 0 Å². The summed E-state index contributed by atoms with van der Waals surface area (Å²) < 4.78 is 47.3. The molecular weight excluding hydrogens is 302 g/mol. The summed E-state index contributed by atoms with van der Waals surface area (Å²) in [5.74, 6) is 1.33. The van der Waals surface area contributed by atoms with E-state index < -0.39 is 20.0 Å². The predicted octanol–water partition coefficient (Wildman–Crippen LogP) is 0.700. The van der Waals surface area contributed by atoms with Crippen LogP contribution >= 0.6 is 0 Å². The van der Waals surface area contributed by atoms with Gasteiger partial charge in [0.15, 0.2) is 0 Å². The summed E-state index contributed by atoms with van der Waals surface area (Å²) in [4.78, 5) is 0. The fourth-order valence-corrected chi connectivity index (χ4v) is 3.38. The van der Waals surface area contributed by atoms with Crippen molar-refractivity contribution in [2.24, 2.45) is 7.05 Å². The number of nitrogens with zero attached hydrogens (tertiary/aromatic N) is 3. The van der Waals surface area contributed by atoms with E-state index in [1.54, 1.807) is 0 Å². The van der Waals surface area contributed by atoms with Crippen molar-refractivity contribution in [3.63, 3.8) is 0 Å². The second kappa shape index (κ2) is 7.75. The van der Waals surface area contributed by atoms with Gasteiger partial charge in [0.1, 0.15) is 12.4 Å². The molecule has 20 heavy (non-hydrogen) atoms. The molecule has 0 aromatic carbocycles. The van der Waals surface area contributed by atoms with E-state index in [4.69, 9.17) is 0 Å². The Kier molecular flexibility index (Phi) is 7.39. The molecule has 0 amide bonds. The first kappa shape index (κ1) is 19.1.